The highest BCUT2D eigenvalue weighted by Gasteiger charge is 2.25. The molecule has 0 radical (unpaired) electrons. The number of hydrogen-bond donors (Lipinski definition) is 0. The predicted molar refractivity (Wildman–Crippen MR) is 103 cm³/mol. The molecule has 0 amide bonds. The van der Waals surface area contributed by atoms with Crippen LogP contribution in [0.25, 0.3) is 11.4 Å². The van der Waals surface area contributed by atoms with Crippen molar-refractivity contribution in [3.63, 3.8) is 0 Å². The SMILES string of the molecule is Cc1ccc(-c2noc(CN3CCN(c4ncccc4[N+](=O)[O-])CC3)n2)cc1. The molecular formula is C19H20N6O3. The Balaban J connectivity index is 1.38. The zero-order valence-electron chi connectivity index (χ0n) is 15.5. The summed E-state index contributed by atoms with van der Waals surface area (Å²) in [7, 11) is 0. The first-order valence-corrected chi connectivity index (χ1v) is 9.06. The van der Waals surface area contributed by atoms with E-state index in [9.17, 15) is 10.1 Å². The van der Waals surface area contributed by atoms with Crippen molar-refractivity contribution in [2.75, 3.05) is 31.1 Å². The second-order valence-electron chi connectivity index (χ2n) is 6.74. The molecule has 4 rings (SSSR count). The van der Waals surface area contributed by atoms with Crippen molar-refractivity contribution in [2.45, 2.75) is 13.5 Å². The van der Waals surface area contributed by atoms with Gasteiger partial charge in [-0.3, -0.25) is 15.0 Å². The van der Waals surface area contributed by atoms with Gasteiger partial charge in [0.15, 0.2) is 0 Å². The number of pyridine rings is 1. The summed E-state index contributed by atoms with van der Waals surface area (Å²) in [4.78, 5) is 23.6. The number of rotatable bonds is 5. The predicted octanol–water partition coefficient (Wildman–Crippen LogP) is 2.67. The van der Waals surface area contributed by atoms with Gasteiger partial charge in [-0.05, 0) is 13.0 Å². The molecule has 9 nitrogen and oxygen atoms in total. The van der Waals surface area contributed by atoms with Crippen LogP contribution in [0, 0.1) is 17.0 Å². The second kappa shape index (κ2) is 7.73. The zero-order chi connectivity index (χ0) is 19.5. The van der Waals surface area contributed by atoms with E-state index in [1.807, 2.05) is 36.1 Å². The second-order valence-corrected chi connectivity index (χ2v) is 6.74. The van der Waals surface area contributed by atoms with Crippen molar-refractivity contribution < 1.29 is 9.45 Å². The molecule has 1 aliphatic heterocycles. The third-order valence-corrected chi connectivity index (χ3v) is 4.77. The van der Waals surface area contributed by atoms with E-state index in [0.717, 1.165) is 18.7 Å². The first-order valence-electron chi connectivity index (χ1n) is 9.06. The van der Waals surface area contributed by atoms with Gasteiger partial charge in [0.25, 0.3) is 0 Å². The molecule has 0 bridgehead atoms. The summed E-state index contributed by atoms with van der Waals surface area (Å²) in [6, 6.07) is 11.0. The molecular weight excluding hydrogens is 360 g/mol. The summed E-state index contributed by atoms with van der Waals surface area (Å²) in [6.45, 7) is 5.35. The summed E-state index contributed by atoms with van der Waals surface area (Å²) < 4.78 is 5.40. The van der Waals surface area contributed by atoms with Gasteiger partial charge in [-0.25, -0.2) is 4.98 Å². The third kappa shape index (κ3) is 3.84. The number of piperazine rings is 1. The van der Waals surface area contributed by atoms with Crippen LogP contribution in [0.15, 0.2) is 47.1 Å². The van der Waals surface area contributed by atoms with Gasteiger partial charge < -0.3 is 9.42 Å². The fourth-order valence-corrected chi connectivity index (χ4v) is 3.22. The van der Waals surface area contributed by atoms with Crippen LogP contribution in [-0.2, 0) is 6.54 Å². The number of nitro groups is 1. The van der Waals surface area contributed by atoms with E-state index in [2.05, 4.69) is 20.0 Å². The van der Waals surface area contributed by atoms with E-state index in [1.54, 1.807) is 12.3 Å². The average Bonchev–Trinajstić information content (AvgIpc) is 3.17. The minimum absolute atomic E-state index is 0.0376. The summed E-state index contributed by atoms with van der Waals surface area (Å²) >= 11 is 0. The van der Waals surface area contributed by atoms with Crippen molar-refractivity contribution >= 4 is 11.5 Å². The van der Waals surface area contributed by atoms with E-state index in [0.29, 0.717) is 37.2 Å². The van der Waals surface area contributed by atoms with Crippen molar-refractivity contribution in [2.24, 2.45) is 0 Å². The van der Waals surface area contributed by atoms with Crippen molar-refractivity contribution in [3.8, 4) is 11.4 Å². The normalized spacial score (nSPS) is 15.0. The summed E-state index contributed by atoms with van der Waals surface area (Å²) in [5.41, 5.74) is 2.14. The summed E-state index contributed by atoms with van der Waals surface area (Å²) in [5.74, 6) is 1.57. The first kappa shape index (κ1) is 18.1. The molecule has 0 N–H and O–H groups in total. The van der Waals surface area contributed by atoms with Gasteiger partial charge in [-0.1, -0.05) is 35.0 Å². The van der Waals surface area contributed by atoms with Gasteiger partial charge in [0.1, 0.15) is 0 Å². The maximum Gasteiger partial charge on any atom is 0.311 e. The van der Waals surface area contributed by atoms with Crippen molar-refractivity contribution in [1.82, 2.24) is 20.0 Å². The van der Waals surface area contributed by atoms with Crippen LogP contribution < -0.4 is 4.90 Å². The Labute approximate surface area is 161 Å². The van der Waals surface area contributed by atoms with Gasteiger partial charge >= 0.3 is 5.69 Å². The Hall–Kier alpha value is -3.33. The van der Waals surface area contributed by atoms with Crippen LogP contribution in [0.1, 0.15) is 11.5 Å². The molecule has 0 spiro atoms. The van der Waals surface area contributed by atoms with E-state index in [1.165, 1.54) is 11.6 Å². The standard InChI is InChI=1S/C19H20N6O3/c1-14-4-6-15(7-5-14)18-21-17(28-22-18)13-23-9-11-24(12-10-23)19-16(25(26)27)3-2-8-20-19/h2-8H,9-13H2,1H3. The lowest BCUT2D eigenvalue weighted by atomic mass is 10.1. The Morgan fingerprint density at radius 1 is 1.14 bits per heavy atom. The largest absolute Gasteiger partial charge is 0.348 e. The van der Waals surface area contributed by atoms with Gasteiger partial charge in [-0.2, -0.15) is 4.98 Å². The fourth-order valence-electron chi connectivity index (χ4n) is 3.22. The van der Waals surface area contributed by atoms with Crippen LogP contribution in [0.5, 0.6) is 0 Å². The monoisotopic (exact) mass is 380 g/mol. The summed E-state index contributed by atoms with van der Waals surface area (Å²) in [6.07, 6.45) is 1.58. The molecule has 144 valence electrons. The fraction of sp³-hybridized carbons (Fsp3) is 0.316. The Bertz CT molecular complexity index is 964. The molecule has 3 aromatic rings. The zero-order valence-corrected chi connectivity index (χ0v) is 15.5. The van der Waals surface area contributed by atoms with Crippen LogP contribution >= 0.6 is 0 Å². The van der Waals surface area contributed by atoms with Gasteiger partial charge in [0.2, 0.25) is 17.5 Å². The molecule has 0 unspecified atom stereocenters. The molecule has 1 fully saturated rings. The number of benzene rings is 1. The van der Waals surface area contributed by atoms with E-state index < -0.39 is 0 Å². The van der Waals surface area contributed by atoms with E-state index in [4.69, 9.17) is 4.52 Å². The average molecular weight is 380 g/mol. The number of hydrogen-bond acceptors (Lipinski definition) is 8. The Morgan fingerprint density at radius 2 is 1.89 bits per heavy atom. The van der Waals surface area contributed by atoms with Crippen LogP contribution in [0.3, 0.4) is 0 Å². The molecule has 1 aromatic carbocycles. The van der Waals surface area contributed by atoms with Gasteiger partial charge in [0.05, 0.1) is 11.5 Å². The van der Waals surface area contributed by atoms with Gasteiger partial charge in [0, 0.05) is 44.0 Å². The van der Waals surface area contributed by atoms with Crippen LogP contribution in [-0.4, -0.2) is 51.1 Å². The quantitative estimate of drug-likeness (QED) is 0.492. The first-order chi connectivity index (χ1) is 13.6. The molecule has 0 saturated carbocycles. The summed E-state index contributed by atoms with van der Waals surface area (Å²) in [5, 5.41) is 15.3. The number of aryl methyl sites for hydroxylation is 1. The van der Waals surface area contributed by atoms with Crippen molar-refractivity contribution in [1.29, 1.82) is 0 Å². The molecule has 1 saturated heterocycles. The smallest absolute Gasteiger partial charge is 0.311 e. The maximum absolute atomic E-state index is 11.2. The highest BCUT2D eigenvalue weighted by atomic mass is 16.6. The molecule has 0 aliphatic carbocycles. The number of anilines is 1. The molecule has 3 heterocycles. The Kier molecular flexibility index (Phi) is 4.98. The molecule has 9 heteroatoms. The lowest BCUT2D eigenvalue weighted by Gasteiger charge is -2.34. The van der Waals surface area contributed by atoms with Crippen LogP contribution in [0.4, 0.5) is 11.5 Å². The topological polar surface area (TPSA) is 101 Å². The van der Waals surface area contributed by atoms with E-state index >= 15 is 0 Å². The van der Waals surface area contributed by atoms with Crippen molar-refractivity contribution in [3.05, 3.63) is 64.2 Å². The minimum Gasteiger partial charge on any atom is -0.348 e. The Morgan fingerprint density at radius 3 is 2.61 bits per heavy atom. The maximum atomic E-state index is 11.2. The highest BCUT2D eigenvalue weighted by molar-refractivity contribution is 5.57. The molecule has 0 atom stereocenters. The van der Waals surface area contributed by atoms with Gasteiger partial charge in [-0.15, -0.1) is 0 Å². The number of nitrogens with zero attached hydrogens (tertiary/aromatic N) is 6. The highest BCUT2D eigenvalue weighted by Crippen LogP contribution is 2.26. The van der Waals surface area contributed by atoms with E-state index in [-0.39, 0.29) is 10.6 Å². The lowest BCUT2D eigenvalue weighted by Crippen LogP contribution is -2.46. The molecule has 2 aromatic heterocycles. The lowest BCUT2D eigenvalue weighted by molar-refractivity contribution is -0.384. The molecule has 28 heavy (non-hydrogen) atoms. The third-order valence-electron chi connectivity index (χ3n) is 4.77. The molecule has 1 aliphatic rings. The number of aromatic nitrogens is 3. The van der Waals surface area contributed by atoms with Crippen LogP contribution in [0.2, 0.25) is 0 Å². The minimum atomic E-state index is -0.389.